The first-order valence-electron chi connectivity index (χ1n) is 2.10. The van der Waals surface area contributed by atoms with Gasteiger partial charge in [0.05, 0.1) is 11.3 Å². The first-order chi connectivity index (χ1) is 3.84. The van der Waals surface area contributed by atoms with Crippen molar-refractivity contribution >= 4 is 0 Å². The van der Waals surface area contributed by atoms with Gasteiger partial charge in [0.15, 0.2) is 0 Å². The molecule has 1 aromatic rings. The Morgan fingerprint density at radius 1 is 1.88 bits per heavy atom. The monoisotopic (exact) mass is 106 g/mol. The van der Waals surface area contributed by atoms with Crippen molar-refractivity contribution in [2.24, 2.45) is 0 Å². The first kappa shape index (κ1) is 4.85. The van der Waals surface area contributed by atoms with Crippen LogP contribution in [0.3, 0.4) is 0 Å². The molecule has 0 atom stereocenters. The van der Waals surface area contributed by atoms with Crippen LogP contribution in [-0.2, 0) is 0 Å². The van der Waals surface area contributed by atoms with E-state index >= 15 is 0 Å². The largest absolute Gasteiger partial charge is 0.284 e. The highest BCUT2D eigenvalue weighted by atomic mass is 15.1. The van der Waals surface area contributed by atoms with Gasteiger partial charge in [-0.05, 0) is 6.92 Å². The number of hydrogen-bond acceptors (Lipinski definition) is 2. The standard InChI is InChI=1S/C5H4N3/c1-4-5(2-6)3-7-8-4/h3H,1H2,(H,7,8). The third kappa shape index (κ3) is 0.562. The molecule has 1 aromatic heterocycles. The maximum Gasteiger partial charge on any atom is 0.103 e. The summed E-state index contributed by atoms with van der Waals surface area (Å²) in [6, 6.07) is 1.92. The Hall–Kier alpha value is -1.30. The third-order valence-corrected chi connectivity index (χ3v) is 0.840. The fourth-order valence-corrected chi connectivity index (χ4v) is 0.415. The third-order valence-electron chi connectivity index (χ3n) is 0.840. The normalized spacial score (nSPS) is 8.50. The molecule has 0 aliphatic heterocycles. The number of aromatic amines is 1. The van der Waals surface area contributed by atoms with Crippen LogP contribution in [0, 0.1) is 18.3 Å². The van der Waals surface area contributed by atoms with Crippen molar-refractivity contribution in [3.05, 3.63) is 24.4 Å². The van der Waals surface area contributed by atoms with Crippen LogP contribution in [0.5, 0.6) is 0 Å². The highest BCUT2D eigenvalue weighted by molar-refractivity contribution is 5.31. The van der Waals surface area contributed by atoms with Crippen LogP contribution in [0.4, 0.5) is 0 Å². The lowest BCUT2D eigenvalue weighted by atomic mass is 10.3. The van der Waals surface area contributed by atoms with E-state index in [1.807, 2.05) is 6.07 Å². The summed E-state index contributed by atoms with van der Waals surface area (Å²) >= 11 is 0. The van der Waals surface area contributed by atoms with Crippen LogP contribution in [0.1, 0.15) is 11.3 Å². The zero-order valence-electron chi connectivity index (χ0n) is 4.18. The Bertz CT molecular complexity index is 218. The lowest BCUT2D eigenvalue weighted by molar-refractivity contribution is 1.07. The molecule has 0 bridgehead atoms. The number of hydrogen-bond donors (Lipinski definition) is 1. The van der Waals surface area contributed by atoms with E-state index in [9.17, 15) is 0 Å². The molecular weight excluding hydrogens is 102 g/mol. The Morgan fingerprint density at radius 2 is 2.62 bits per heavy atom. The van der Waals surface area contributed by atoms with E-state index < -0.39 is 0 Å². The summed E-state index contributed by atoms with van der Waals surface area (Å²) in [6.07, 6.45) is 1.52. The molecule has 0 fully saturated rings. The van der Waals surface area contributed by atoms with Gasteiger partial charge in [0.25, 0.3) is 0 Å². The minimum Gasteiger partial charge on any atom is -0.284 e. The van der Waals surface area contributed by atoms with Crippen LogP contribution >= 0.6 is 0 Å². The average Bonchev–Trinajstić information content (AvgIpc) is 2.14. The van der Waals surface area contributed by atoms with Crippen LogP contribution < -0.4 is 0 Å². The van der Waals surface area contributed by atoms with Crippen LogP contribution in [0.2, 0.25) is 0 Å². The summed E-state index contributed by atoms with van der Waals surface area (Å²) in [4.78, 5) is 0. The minimum absolute atomic E-state index is 0.505. The molecule has 1 N–H and O–H groups in total. The Balaban J connectivity index is 3.15. The second kappa shape index (κ2) is 1.66. The van der Waals surface area contributed by atoms with Crippen LogP contribution in [0.15, 0.2) is 6.20 Å². The maximum atomic E-state index is 8.26. The molecule has 3 heteroatoms. The molecule has 0 aliphatic rings. The van der Waals surface area contributed by atoms with Crippen molar-refractivity contribution < 1.29 is 0 Å². The fourth-order valence-electron chi connectivity index (χ4n) is 0.415. The van der Waals surface area contributed by atoms with Crippen molar-refractivity contribution in [3.63, 3.8) is 0 Å². The predicted octanol–water partition coefficient (Wildman–Crippen LogP) is 0.464. The van der Waals surface area contributed by atoms with Gasteiger partial charge in [-0.2, -0.15) is 10.4 Å². The molecule has 3 nitrogen and oxygen atoms in total. The highest BCUT2D eigenvalue weighted by Gasteiger charge is 1.94. The summed E-state index contributed by atoms with van der Waals surface area (Å²) in [6.45, 7) is 3.49. The van der Waals surface area contributed by atoms with Gasteiger partial charge in [0.1, 0.15) is 6.07 Å². The molecular formula is C5H4N3. The van der Waals surface area contributed by atoms with Gasteiger partial charge < -0.3 is 0 Å². The van der Waals surface area contributed by atoms with E-state index in [0.717, 1.165) is 0 Å². The van der Waals surface area contributed by atoms with Crippen molar-refractivity contribution in [2.75, 3.05) is 0 Å². The number of H-pyrrole nitrogens is 1. The molecule has 1 heterocycles. The topological polar surface area (TPSA) is 52.5 Å². The van der Waals surface area contributed by atoms with Crippen LogP contribution in [-0.4, -0.2) is 10.2 Å². The lowest BCUT2D eigenvalue weighted by Gasteiger charge is -1.73. The number of aromatic nitrogens is 2. The van der Waals surface area contributed by atoms with Crippen molar-refractivity contribution in [2.45, 2.75) is 0 Å². The molecule has 0 saturated carbocycles. The van der Waals surface area contributed by atoms with Crippen LogP contribution in [0.25, 0.3) is 0 Å². The molecule has 1 radical (unpaired) electrons. The van der Waals surface area contributed by atoms with E-state index in [1.165, 1.54) is 6.20 Å². The Labute approximate surface area is 47.0 Å². The number of nitrogens with one attached hydrogen (secondary N) is 1. The molecule has 39 valence electrons. The van der Waals surface area contributed by atoms with Gasteiger partial charge in [0, 0.05) is 6.20 Å². The second-order valence-corrected chi connectivity index (χ2v) is 1.36. The van der Waals surface area contributed by atoms with Gasteiger partial charge >= 0.3 is 0 Å². The summed E-state index contributed by atoms with van der Waals surface area (Å²) in [7, 11) is 0. The zero-order chi connectivity index (χ0) is 5.98. The molecule has 0 amide bonds. The van der Waals surface area contributed by atoms with E-state index in [1.54, 1.807) is 0 Å². The number of nitrogens with zero attached hydrogens (tertiary/aromatic N) is 2. The van der Waals surface area contributed by atoms with Gasteiger partial charge in [0.2, 0.25) is 0 Å². The predicted molar refractivity (Wildman–Crippen MR) is 27.8 cm³/mol. The SMILES string of the molecule is [CH2]c1n[nH]cc1C#N. The zero-order valence-corrected chi connectivity index (χ0v) is 4.18. The first-order valence-corrected chi connectivity index (χ1v) is 2.10. The lowest BCUT2D eigenvalue weighted by Crippen LogP contribution is -1.72. The Kier molecular flexibility index (Phi) is 1.01. The van der Waals surface area contributed by atoms with Gasteiger partial charge in [-0.25, -0.2) is 0 Å². The van der Waals surface area contributed by atoms with E-state index in [0.29, 0.717) is 11.3 Å². The Morgan fingerprint density at radius 3 is 2.88 bits per heavy atom. The van der Waals surface area contributed by atoms with E-state index in [4.69, 9.17) is 5.26 Å². The molecule has 1 rings (SSSR count). The minimum atomic E-state index is 0.505. The summed E-state index contributed by atoms with van der Waals surface area (Å²) < 4.78 is 0. The average molecular weight is 106 g/mol. The molecule has 0 aromatic carbocycles. The van der Waals surface area contributed by atoms with Gasteiger partial charge in [-0.1, -0.05) is 0 Å². The quantitative estimate of drug-likeness (QED) is 0.522. The van der Waals surface area contributed by atoms with E-state index in [2.05, 4.69) is 17.1 Å². The maximum absolute atomic E-state index is 8.26. The van der Waals surface area contributed by atoms with Crippen molar-refractivity contribution in [1.29, 1.82) is 5.26 Å². The van der Waals surface area contributed by atoms with Gasteiger partial charge in [-0.3, -0.25) is 5.10 Å². The summed E-state index contributed by atoms with van der Waals surface area (Å²) in [5, 5.41) is 14.4. The fraction of sp³-hybridized carbons (Fsp3) is 0. The molecule has 0 unspecified atom stereocenters. The van der Waals surface area contributed by atoms with Gasteiger partial charge in [-0.15, -0.1) is 0 Å². The second-order valence-electron chi connectivity index (χ2n) is 1.36. The van der Waals surface area contributed by atoms with E-state index in [-0.39, 0.29) is 0 Å². The smallest absolute Gasteiger partial charge is 0.103 e. The number of nitriles is 1. The molecule has 0 saturated heterocycles. The molecule has 0 aliphatic carbocycles. The summed E-state index contributed by atoms with van der Waals surface area (Å²) in [5.74, 6) is 0. The van der Waals surface area contributed by atoms with Crippen molar-refractivity contribution in [3.8, 4) is 6.07 Å². The summed E-state index contributed by atoms with van der Waals surface area (Å²) in [5.41, 5.74) is 1.01. The number of rotatable bonds is 0. The van der Waals surface area contributed by atoms with Crippen molar-refractivity contribution in [1.82, 2.24) is 10.2 Å². The molecule has 0 spiro atoms. The highest BCUT2D eigenvalue weighted by Crippen LogP contribution is 1.97. The molecule has 8 heavy (non-hydrogen) atoms.